The van der Waals surface area contributed by atoms with Crippen molar-refractivity contribution >= 4 is 27.7 Å². The van der Waals surface area contributed by atoms with E-state index in [0.29, 0.717) is 0 Å². The van der Waals surface area contributed by atoms with Gasteiger partial charge in [0.1, 0.15) is 0 Å². The molecule has 0 fully saturated rings. The molecule has 0 N–H and O–H groups in total. The van der Waals surface area contributed by atoms with Crippen LogP contribution >= 0.6 is 27.7 Å². The average Bonchev–Trinajstić information content (AvgIpc) is 2.14. The van der Waals surface area contributed by atoms with E-state index in [4.69, 9.17) is 4.42 Å². The van der Waals surface area contributed by atoms with Gasteiger partial charge in [0, 0.05) is 0 Å². The van der Waals surface area contributed by atoms with Gasteiger partial charge in [0.05, 0.1) is 0 Å². The highest BCUT2D eigenvalue weighted by Gasteiger charge is 1.93. The second kappa shape index (κ2) is 2.60. The summed E-state index contributed by atoms with van der Waals surface area (Å²) in [7, 11) is 0. The molecule has 1 heterocycles. The zero-order valence-corrected chi connectivity index (χ0v) is 6.75. The molecule has 0 atom stereocenters. The third kappa shape index (κ3) is 1.29. The van der Waals surface area contributed by atoms with Crippen LogP contribution in [0.25, 0.3) is 0 Å². The van der Waals surface area contributed by atoms with Crippen LogP contribution in [0.15, 0.2) is 26.3 Å². The maximum absolute atomic E-state index is 5.11. The smallest absolute Gasteiger partial charge is 0.170 e. The SMILES string of the molecule is CSc1ccc(Br)o1. The first-order chi connectivity index (χ1) is 3.83. The van der Waals surface area contributed by atoms with Gasteiger partial charge in [-0.3, -0.25) is 0 Å². The molecule has 0 aliphatic rings. The lowest BCUT2D eigenvalue weighted by Crippen LogP contribution is -1.51. The van der Waals surface area contributed by atoms with E-state index in [1.165, 1.54) is 0 Å². The van der Waals surface area contributed by atoms with Crippen LogP contribution in [0.1, 0.15) is 0 Å². The first-order valence-electron chi connectivity index (χ1n) is 2.12. The Kier molecular flexibility index (Phi) is 2.02. The van der Waals surface area contributed by atoms with Crippen LogP contribution in [0.4, 0.5) is 0 Å². The van der Waals surface area contributed by atoms with Gasteiger partial charge >= 0.3 is 0 Å². The molecule has 0 radical (unpaired) electrons. The maximum atomic E-state index is 5.11. The second-order valence-corrected chi connectivity index (χ2v) is 2.85. The fraction of sp³-hybridized carbons (Fsp3) is 0.200. The Morgan fingerprint density at radius 3 is 2.62 bits per heavy atom. The quantitative estimate of drug-likeness (QED) is 0.636. The molecule has 1 aromatic heterocycles. The molecule has 3 heteroatoms. The van der Waals surface area contributed by atoms with E-state index in [2.05, 4.69) is 15.9 Å². The fourth-order valence-corrected chi connectivity index (χ4v) is 1.20. The van der Waals surface area contributed by atoms with E-state index < -0.39 is 0 Å². The molecular weight excluding hydrogens is 188 g/mol. The van der Waals surface area contributed by atoms with Crippen LogP contribution in [0.3, 0.4) is 0 Å². The molecule has 0 aliphatic carbocycles. The number of thioether (sulfide) groups is 1. The lowest BCUT2D eigenvalue weighted by molar-refractivity contribution is 0.453. The summed E-state index contributed by atoms with van der Waals surface area (Å²) >= 11 is 4.79. The van der Waals surface area contributed by atoms with Gasteiger partial charge in [-0.15, -0.1) is 0 Å². The van der Waals surface area contributed by atoms with Gasteiger partial charge in [-0.05, 0) is 34.3 Å². The fourth-order valence-electron chi connectivity index (χ4n) is 0.407. The topological polar surface area (TPSA) is 13.1 Å². The molecule has 0 saturated heterocycles. The number of furan rings is 1. The van der Waals surface area contributed by atoms with Crippen LogP contribution in [-0.2, 0) is 0 Å². The van der Waals surface area contributed by atoms with Gasteiger partial charge in [0.2, 0.25) is 0 Å². The number of hydrogen-bond acceptors (Lipinski definition) is 2. The number of hydrogen-bond donors (Lipinski definition) is 0. The van der Waals surface area contributed by atoms with Crippen molar-refractivity contribution in [3.8, 4) is 0 Å². The van der Waals surface area contributed by atoms with Crippen molar-refractivity contribution in [2.75, 3.05) is 6.26 Å². The molecule has 1 aromatic rings. The Morgan fingerprint density at radius 2 is 2.38 bits per heavy atom. The Morgan fingerprint density at radius 1 is 1.62 bits per heavy atom. The van der Waals surface area contributed by atoms with E-state index >= 15 is 0 Å². The average molecular weight is 193 g/mol. The molecule has 0 unspecified atom stereocenters. The summed E-state index contributed by atoms with van der Waals surface area (Å²) in [6, 6.07) is 3.81. The van der Waals surface area contributed by atoms with E-state index in [-0.39, 0.29) is 0 Å². The Hall–Kier alpha value is 0.110. The zero-order valence-electron chi connectivity index (χ0n) is 4.35. The minimum absolute atomic E-state index is 0.793. The highest BCUT2D eigenvalue weighted by atomic mass is 79.9. The standard InChI is InChI=1S/C5H5BrOS/c1-8-5-3-2-4(6)7-5/h2-3H,1H3. The summed E-state index contributed by atoms with van der Waals surface area (Å²) < 4.78 is 5.91. The highest BCUT2D eigenvalue weighted by molar-refractivity contribution is 9.10. The molecule has 0 bridgehead atoms. The molecular formula is C5H5BrOS. The van der Waals surface area contributed by atoms with Crippen LogP contribution in [0.2, 0.25) is 0 Å². The van der Waals surface area contributed by atoms with Crippen LogP contribution in [0, 0.1) is 0 Å². The summed E-state index contributed by atoms with van der Waals surface area (Å²) in [6.07, 6.45) is 1.98. The van der Waals surface area contributed by atoms with Gasteiger partial charge in [0.25, 0.3) is 0 Å². The largest absolute Gasteiger partial charge is 0.443 e. The Bertz CT molecular complexity index is 173. The van der Waals surface area contributed by atoms with Crippen LogP contribution in [0.5, 0.6) is 0 Å². The van der Waals surface area contributed by atoms with Crippen molar-refractivity contribution in [2.45, 2.75) is 5.09 Å². The van der Waals surface area contributed by atoms with E-state index in [1.807, 2.05) is 18.4 Å². The third-order valence-electron chi connectivity index (χ3n) is 0.750. The molecule has 0 aromatic carbocycles. The van der Waals surface area contributed by atoms with E-state index in [9.17, 15) is 0 Å². The van der Waals surface area contributed by atoms with Crippen molar-refractivity contribution in [1.82, 2.24) is 0 Å². The monoisotopic (exact) mass is 192 g/mol. The zero-order chi connectivity index (χ0) is 5.98. The van der Waals surface area contributed by atoms with Gasteiger partial charge in [0.15, 0.2) is 9.76 Å². The van der Waals surface area contributed by atoms with Crippen molar-refractivity contribution in [1.29, 1.82) is 0 Å². The Balaban J connectivity index is 2.84. The molecule has 0 spiro atoms. The lowest BCUT2D eigenvalue weighted by Gasteiger charge is -1.81. The molecule has 0 amide bonds. The van der Waals surface area contributed by atoms with Crippen molar-refractivity contribution in [2.24, 2.45) is 0 Å². The molecule has 0 saturated carbocycles. The highest BCUT2D eigenvalue weighted by Crippen LogP contribution is 2.21. The molecule has 1 nitrogen and oxygen atoms in total. The summed E-state index contributed by atoms with van der Waals surface area (Å²) in [4.78, 5) is 0. The van der Waals surface area contributed by atoms with E-state index in [0.717, 1.165) is 9.76 Å². The number of rotatable bonds is 1. The predicted molar refractivity (Wildman–Crippen MR) is 38.2 cm³/mol. The molecule has 44 valence electrons. The first-order valence-corrected chi connectivity index (χ1v) is 4.14. The molecule has 8 heavy (non-hydrogen) atoms. The van der Waals surface area contributed by atoms with Gasteiger partial charge in [-0.25, -0.2) is 0 Å². The summed E-state index contributed by atoms with van der Waals surface area (Å²) in [6.45, 7) is 0. The summed E-state index contributed by atoms with van der Waals surface area (Å²) in [5.41, 5.74) is 0. The predicted octanol–water partition coefficient (Wildman–Crippen LogP) is 2.76. The second-order valence-electron chi connectivity index (χ2n) is 1.26. The van der Waals surface area contributed by atoms with Gasteiger partial charge in [-0.2, -0.15) is 0 Å². The number of halogens is 1. The minimum atomic E-state index is 0.793. The van der Waals surface area contributed by atoms with Crippen molar-refractivity contribution < 1.29 is 4.42 Å². The van der Waals surface area contributed by atoms with Crippen LogP contribution in [-0.4, -0.2) is 6.26 Å². The lowest BCUT2D eigenvalue weighted by atomic mass is 10.7. The maximum Gasteiger partial charge on any atom is 0.170 e. The summed E-state index contributed by atoms with van der Waals surface area (Å²) in [5.74, 6) is 0. The van der Waals surface area contributed by atoms with Crippen molar-refractivity contribution in [3.05, 3.63) is 16.8 Å². The van der Waals surface area contributed by atoms with Gasteiger partial charge in [-0.1, -0.05) is 11.8 Å². The summed E-state index contributed by atoms with van der Waals surface area (Å²) in [5, 5.41) is 0.942. The van der Waals surface area contributed by atoms with E-state index in [1.54, 1.807) is 11.8 Å². The Labute approximate surface area is 60.6 Å². The molecule has 0 aliphatic heterocycles. The normalized spacial score (nSPS) is 9.75. The first kappa shape index (κ1) is 6.23. The van der Waals surface area contributed by atoms with Crippen molar-refractivity contribution in [3.63, 3.8) is 0 Å². The minimum Gasteiger partial charge on any atom is -0.443 e. The molecule has 1 rings (SSSR count). The van der Waals surface area contributed by atoms with Gasteiger partial charge < -0.3 is 4.42 Å². The van der Waals surface area contributed by atoms with Crippen LogP contribution < -0.4 is 0 Å². The third-order valence-corrected chi connectivity index (χ3v) is 1.80.